The van der Waals surface area contributed by atoms with Gasteiger partial charge in [-0.2, -0.15) is 5.21 Å². The first-order valence-corrected chi connectivity index (χ1v) is 13.8. The third-order valence-electron chi connectivity index (χ3n) is 5.50. The summed E-state index contributed by atoms with van der Waals surface area (Å²) in [6.45, 7) is -0.152. The maximum atomic E-state index is 13.2. The predicted octanol–water partition coefficient (Wildman–Crippen LogP) is -2.90. The predicted molar refractivity (Wildman–Crippen MR) is 145 cm³/mol. The Kier molecular flexibility index (Phi) is 12.1. The Bertz CT molecular complexity index is 1300. The second-order valence-electron chi connectivity index (χ2n) is 8.86. The highest BCUT2D eigenvalue weighted by atomic mass is 32.2. The van der Waals surface area contributed by atoms with Gasteiger partial charge in [0.1, 0.15) is 18.2 Å². The molecule has 2 amide bonds. The molecule has 10 N–H and O–H groups in total. The van der Waals surface area contributed by atoms with Crippen molar-refractivity contribution in [2.45, 2.75) is 43.5 Å². The number of amidine groups is 1. The Morgan fingerprint density at radius 1 is 1.25 bits per heavy atom. The van der Waals surface area contributed by atoms with Crippen LogP contribution in [0.3, 0.4) is 0 Å². The van der Waals surface area contributed by atoms with Crippen molar-refractivity contribution < 1.29 is 22.8 Å². The van der Waals surface area contributed by atoms with Crippen LogP contribution >= 0.6 is 0 Å². The number of hydrogen-bond donors (Lipinski definition) is 7. The fraction of sp³-hybridized carbons (Fsp3) is 0.455. The van der Waals surface area contributed by atoms with Crippen LogP contribution in [0.5, 0.6) is 0 Å². The highest BCUT2D eigenvalue weighted by molar-refractivity contribution is 7.88. The molecule has 2 atom stereocenters. The van der Waals surface area contributed by atoms with Gasteiger partial charge in [0.15, 0.2) is 11.8 Å². The molecule has 1 aromatic heterocycles. The minimum atomic E-state index is -4.06. The molecule has 0 aliphatic rings. The van der Waals surface area contributed by atoms with Crippen molar-refractivity contribution in [2.24, 2.45) is 22.2 Å². The number of benzene rings is 1. The lowest BCUT2D eigenvalue weighted by Crippen LogP contribution is -2.51. The molecule has 17 nitrogen and oxygen atoms in total. The van der Waals surface area contributed by atoms with Crippen molar-refractivity contribution >= 4 is 39.9 Å². The smallest absolute Gasteiger partial charge is 0.240 e. The van der Waals surface area contributed by atoms with Gasteiger partial charge in [-0.25, -0.2) is 13.1 Å². The Morgan fingerprint density at radius 3 is 2.62 bits per heavy atom. The quantitative estimate of drug-likeness (QED) is 0.0432. The number of aldehydes is 1. The van der Waals surface area contributed by atoms with Gasteiger partial charge >= 0.3 is 0 Å². The minimum absolute atomic E-state index is 0.0290. The van der Waals surface area contributed by atoms with Crippen molar-refractivity contribution in [1.82, 2.24) is 35.6 Å². The standard InChI is InChI=1S/C22H34N12O5S/c1-34(11-19(36)28-16(12-35)6-3-9-27-22(25)26)21(37)17(7-8-18-29-32-33-30-18)31-40(38,39)13-14-4-2-5-15(10-14)20(23)24/h2,4-5,10,12,16-17,31H,3,6-9,11,13H2,1H3,(H3,23,24)(H,28,36)(H4,25,26,27)(H,29,30,32,33). The van der Waals surface area contributed by atoms with Gasteiger partial charge in [0, 0.05) is 25.6 Å². The summed E-state index contributed by atoms with van der Waals surface area (Å²) in [5.74, 6) is -1.82. The number of guanidine groups is 1. The van der Waals surface area contributed by atoms with E-state index in [1.807, 2.05) is 0 Å². The van der Waals surface area contributed by atoms with E-state index in [2.05, 4.69) is 35.7 Å². The molecule has 0 spiro atoms. The van der Waals surface area contributed by atoms with E-state index in [4.69, 9.17) is 22.6 Å². The third-order valence-corrected chi connectivity index (χ3v) is 6.85. The molecule has 0 aliphatic carbocycles. The van der Waals surface area contributed by atoms with Crippen LogP contribution in [0.2, 0.25) is 0 Å². The van der Waals surface area contributed by atoms with Gasteiger partial charge in [-0.1, -0.05) is 23.4 Å². The number of nitrogens with zero attached hydrogens (tertiary/aromatic N) is 5. The molecule has 2 rings (SSSR count). The summed E-state index contributed by atoms with van der Waals surface area (Å²) in [4.78, 5) is 42.0. The molecular weight excluding hydrogens is 544 g/mol. The maximum Gasteiger partial charge on any atom is 0.240 e. The van der Waals surface area contributed by atoms with E-state index >= 15 is 0 Å². The summed E-state index contributed by atoms with van der Waals surface area (Å²) in [6.07, 6.45) is 1.36. The lowest BCUT2D eigenvalue weighted by Gasteiger charge is -2.24. The zero-order chi connectivity index (χ0) is 29.7. The monoisotopic (exact) mass is 578 g/mol. The molecule has 0 saturated carbocycles. The van der Waals surface area contributed by atoms with Crippen LogP contribution in [0.1, 0.15) is 36.2 Å². The molecule has 2 aromatic rings. The number of aryl methyl sites for hydroxylation is 1. The van der Waals surface area contributed by atoms with Crippen LogP contribution in [0.4, 0.5) is 0 Å². The molecule has 40 heavy (non-hydrogen) atoms. The van der Waals surface area contributed by atoms with Crippen molar-refractivity contribution in [2.75, 3.05) is 20.1 Å². The number of aromatic nitrogens is 4. The van der Waals surface area contributed by atoms with Crippen molar-refractivity contribution in [1.29, 1.82) is 5.41 Å². The minimum Gasteiger partial charge on any atom is -0.384 e. The second kappa shape index (κ2) is 15.2. The van der Waals surface area contributed by atoms with Gasteiger partial charge in [0.05, 0.1) is 18.3 Å². The summed E-state index contributed by atoms with van der Waals surface area (Å²) in [7, 11) is -2.73. The summed E-state index contributed by atoms with van der Waals surface area (Å²) >= 11 is 0. The van der Waals surface area contributed by atoms with Crippen molar-refractivity contribution in [3.63, 3.8) is 0 Å². The molecule has 1 heterocycles. The van der Waals surface area contributed by atoms with Crippen LogP contribution in [0.15, 0.2) is 29.3 Å². The molecule has 2 unspecified atom stereocenters. The number of aliphatic imine (C=N–C) groups is 1. The van der Waals surface area contributed by atoms with E-state index in [0.29, 0.717) is 23.8 Å². The first-order valence-electron chi connectivity index (χ1n) is 12.1. The molecule has 0 fully saturated rings. The number of amides is 2. The van der Waals surface area contributed by atoms with Gasteiger partial charge < -0.3 is 32.2 Å². The van der Waals surface area contributed by atoms with E-state index in [1.54, 1.807) is 18.2 Å². The number of tetrazole rings is 1. The van der Waals surface area contributed by atoms with E-state index in [9.17, 15) is 22.8 Å². The van der Waals surface area contributed by atoms with E-state index < -0.39 is 46.2 Å². The number of sulfonamides is 1. The third kappa shape index (κ3) is 11.1. The topological polar surface area (TPSA) is 281 Å². The normalized spacial score (nSPS) is 12.6. The van der Waals surface area contributed by atoms with E-state index in [0.717, 1.165) is 4.90 Å². The number of nitrogens with two attached hydrogens (primary N) is 3. The van der Waals surface area contributed by atoms with Gasteiger partial charge in [-0.05, 0) is 30.9 Å². The second-order valence-corrected chi connectivity index (χ2v) is 10.6. The average Bonchev–Trinajstić information content (AvgIpc) is 3.41. The molecule has 218 valence electrons. The van der Waals surface area contributed by atoms with Crippen LogP contribution in [0, 0.1) is 5.41 Å². The number of rotatable bonds is 17. The highest BCUT2D eigenvalue weighted by Crippen LogP contribution is 2.11. The number of carbonyl (C=O) groups is 3. The molecule has 0 radical (unpaired) electrons. The Morgan fingerprint density at radius 2 is 2.00 bits per heavy atom. The number of nitrogens with one attached hydrogen (secondary N) is 4. The Labute approximate surface area is 230 Å². The maximum absolute atomic E-state index is 13.2. The largest absolute Gasteiger partial charge is 0.384 e. The zero-order valence-electron chi connectivity index (χ0n) is 21.9. The van der Waals surface area contributed by atoms with E-state index in [-0.39, 0.29) is 43.4 Å². The van der Waals surface area contributed by atoms with Crippen LogP contribution in [0.25, 0.3) is 0 Å². The van der Waals surface area contributed by atoms with Crippen molar-refractivity contribution in [3.05, 3.63) is 41.2 Å². The lowest BCUT2D eigenvalue weighted by molar-refractivity contribution is -0.136. The zero-order valence-corrected chi connectivity index (χ0v) is 22.7. The van der Waals surface area contributed by atoms with Crippen LogP contribution < -0.4 is 27.2 Å². The number of hydrogen-bond acceptors (Lipinski definition) is 10. The fourth-order valence-electron chi connectivity index (χ4n) is 3.61. The number of likely N-dealkylation sites (N-methyl/N-ethyl adjacent to an activating group) is 1. The van der Waals surface area contributed by atoms with Crippen LogP contribution in [-0.4, -0.2) is 96.1 Å². The molecule has 0 saturated heterocycles. The van der Waals surface area contributed by atoms with Crippen molar-refractivity contribution in [3.8, 4) is 0 Å². The first kappa shape index (κ1) is 31.8. The number of carbonyl (C=O) groups excluding carboxylic acids is 3. The number of nitrogen functional groups attached to an aromatic ring is 1. The first-order chi connectivity index (χ1) is 18.9. The Hall–Kier alpha value is -4.45. The summed E-state index contributed by atoms with van der Waals surface area (Å²) in [5, 5.41) is 23.4. The summed E-state index contributed by atoms with van der Waals surface area (Å²) < 4.78 is 28.4. The summed E-state index contributed by atoms with van der Waals surface area (Å²) in [5.41, 5.74) is 16.7. The van der Waals surface area contributed by atoms with Gasteiger partial charge in [0.25, 0.3) is 0 Å². The van der Waals surface area contributed by atoms with Gasteiger partial charge in [-0.15, -0.1) is 10.2 Å². The number of H-pyrrole nitrogens is 1. The summed E-state index contributed by atoms with van der Waals surface area (Å²) in [6, 6.07) is 4.08. The molecule has 0 bridgehead atoms. The molecule has 18 heteroatoms. The Balaban J connectivity index is 2.07. The van der Waals surface area contributed by atoms with Crippen LogP contribution in [-0.2, 0) is 36.6 Å². The lowest BCUT2D eigenvalue weighted by atomic mass is 10.1. The fourth-order valence-corrected chi connectivity index (χ4v) is 4.96. The van der Waals surface area contributed by atoms with E-state index in [1.165, 1.54) is 13.1 Å². The average molecular weight is 579 g/mol. The highest BCUT2D eigenvalue weighted by Gasteiger charge is 2.29. The molecule has 0 aliphatic heterocycles. The molecule has 1 aromatic carbocycles. The van der Waals surface area contributed by atoms with Gasteiger partial charge in [-0.3, -0.25) is 20.0 Å². The van der Waals surface area contributed by atoms with Gasteiger partial charge in [0.2, 0.25) is 21.8 Å². The number of aromatic amines is 1. The SMILES string of the molecule is CN(CC(=O)NC(C=O)CCCN=C(N)N)C(=O)C(CCc1nn[nH]n1)NS(=O)(=O)Cc1cccc(C(=N)N)c1. The molecular formula is C22H34N12O5S.